The molecular weight excluding hydrogens is 245 g/mol. The minimum atomic E-state index is -3.97. The summed E-state index contributed by atoms with van der Waals surface area (Å²) in [5.74, 6) is -0.617. The van der Waals surface area contributed by atoms with Crippen LogP contribution in [0.3, 0.4) is 0 Å². The minimum Gasteiger partial charge on any atom is -0.171 e. The quantitative estimate of drug-likeness (QED) is 0.621. The second-order valence-corrected chi connectivity index (χ2v) is 5.28. The zero-order valence-corrected chi connectivity index (χ0v) is 9.16. The van der Waals surface area contributed by atoms with Crippen molar-refractivity contribution in [1.29, 1.82) is 0 Å². The topological polar surface area (TPSA) is 0 Å². The predicted octanol–water partition coefficient (Wildman–Crippen LogP) is 4.14. The Hall–Kier alpha value is 0.270. The fourth-order valence-corrected chi connectivity index (χ4v) is 2.43. The third-order valence-corrected chi connectivity index (χ3v) is 3.63. The third kappa shape index (κ3) is 3.15. The molecule has 0 aromatic rings. The molecule has 78 valence electrons. The molecule has 0 bridgehead atoms. The van der Waals surface area contributed by atoms with Crippen LogP contribution in [-0.2, 0) is 0 Å². The lowest BCUT2D eigenvalue weighted by atomic mass is 9.80. The molecule has 0 N–H and O–H groups in total. The molecule has 1 aliphatic carbocycles. The number of hydrogen-bond donors (Lipinski definition) is 0. The van der Waals surface area contributed by atoms with Gasteiger partial charge in [0.2, 0.25) is 0 Å². The fourth-order valence-electron chi connectivity index (χ4n) is 1.91. The second-order valence-electron chi connectivity index (χ2n) is 3.83. The normalized spacial score (nSPS) is 33.0. The fraction of sp³-hybridized carbons (Fsp3) is 1.00. The summed E-state index contributed by atoms with van der Waals surface area (Å²) in [4.78, 5) is 0.349. The molecule has 0 aromatic carbocycles. The van der Waals surface area contributed by atoms with E-state index in [2.05, 4.69) is 15.9 Å². The maximum Gasteiger partial charge on any atom is 0.391 e. The summed E-state index contributed by atoms with van der Waals surface area (Å²) in [5, 5.41) is 0. The van der Waals surface area contributed by atoms with E-state index in [0.717, 1.165) is 0 Å². The first kappa shape index (κ1) is 11.3. The van der Waals surface area contributed by atoms with Gasteiger partial charge in [0.15, 0.2) is 0 Å². The lowest BCUT2D eigenvalue weighted by Gasteiger charge is -2.31. The zero-order valence-electron chi connectivity index (χ0n) is 7.57. The third-order valence-electron chi connectivity index (χ3n) is 2.88. The van der Waals surface area contributed by atoms with E-state index in [1.54, 1.807) is 0 Å². The van der Waals surface area contributed by atoms with Crippen molar-refractivity contribution in [3.8, 4) is 0 Å². The Morgan fingerprint density at radius 2 is 1.62 bits per heavy atom. The van der Waals surface area contributed by atoms with Gasteiger partial charge in [0, 0.05) is 4.83 Å². The summed E-state index contributed by atoms with van der Waals surface area (Å²) in [6, 6.07) is 0. The molecule has 0 unspecified atom stereocenters. The van der Waals surface area contributed by atoms with Crippen molar-refractivity contribution in [2.75, 3.05) is 0 Å². The van der Waals surface area contributed by atoms with Crippen molar-refractivity contribution >= 4 is 15.9 Å². The molecule has 0 spiro atoms. The average molecular weight is 259 g/mol. The van der Waals surface area contributed by atoms with Gasteiger partial charge in [-0.25, -0.2) is 0 Å². The van der Waals surface area contributed by atoms with Crippen LogP contribution in [-0.4, -0.2) is 11.0 Å². The van der Waals surface area contributed by atoms with Crippen molar-refractivity contribution in [1.82, 2.24) is 0 Å². The lowest BCUT2D eigenvalue weighted by molar-refractivity contribution is -0.183. The van der Waals surface area contributed by atoms with Crippen molar-refractivity contribution in [3.05, 3.63) is 0 Å². The van der Waals surface area contributed by atoms with Crippen molar-refractivity contribution < 1.29 is 13.2 Å². The first-order valence-electron chi connectivity index (χ1n) is 4.62. The van der Waals surface area contributed by atoms with Gasteiger partial charge in [-0.15, -0.1) is 0 Å². The van der Waals surface area contributed by atoms with Crippen LogP contribution in [0.1, 0.15) is 32.6 Å². The van der Waals surface area contributed by atoms with Crippen molar-refractivity contribution in [2.24, 2.45) is 11.8 Å². The summed E-state index contributed by atoms with van der Waals surface area (Å²) < 4.78 is 36.8. The summed E-state index contributed by atoms with van der Waals surface area (Å²) in [6.45, 7) is 2.01. The Labute approximate surface area is 85.0 Å². The number of halogens is 4. The lowest BCUT2D eigenvalue weighted by Crippen LogP contribution is -2.29. The van der Waals surface area contributed by atoms with E-state index in [0.29, 0.717) is 36.4 Å². The van der Waals surface area contributed by atoms with Crippen LogP contribution in [0, 0.1) is 11.8 Å². The van der Waals surface area contributed by atoms with Gasteiger partial charge in [-0.3, -0.25) is 0 Å². The van der Waals surface area contributed by atoms with Gasteiger partial charge in [0.05, 0.1) is 5.92 Å². The Morgan fingerprint density at radius 3 is 1.92 bits per heavy atom. The van der Waals surface area contributed by atoms with Crippen LogP contribution in [0.15, 0.2) is 0 Å². The summed E-state index contributed by atoms with van der Waals surface area (Å²) in [6.07, 6.45) is -1.94. The molecular formula is C9H14BrF3. The van der Waals surface area contributed by atoms with E-state index in [4.69, 9.17) is 0 Å². The molecule has 1 rings (SSSR count). The van der Waals surface area contributed by atoms with Crippen LogP contribution in [0.4, 0.5) is 13.2 Å². The highest BCUT2D eigenvalue weighted by Gasteiger charge is 2.41. The number of hydrogen-bond acceptors (Lipinski definition) is 0. The predicted molar refractivity (Wildman–Crippen MR) is 49.9 cm³/mol. The standard InChI is InChI=1S/C9H14BrF3/c1-6(10)7-2-4-8(5-3-7)9(11,12)13/h6-8H,2-5H2,1H3/t6-,7?,8?/m0/s1. The van der Waals surface area contributed by atoms with Gasteiger partial charge in [-0.2, -0.15) is 13.2 Å². The van der Waals surface area contributed by atoms with E-state index < -0.39 is 12.1 Å². The molecule has 4 heteroatoms. The van der Waals surface area contributed by atoms with Gasteiger partial charge in [0.1, 0.15) is 0 Å². The minimum absolute atomic E-state index is 0.310. The van der Waals surface area contributed by atoms with Crippen LogP contribution >= 0.6 is 15.9 Å². The number of rotatable bonds is 1. The Bertz CT molecular complexity index is 157. The van der Waals surface area contributed by atoms with Crippen molar-refractivity contribution in [2.45, 2.75) is 43.6 Å². The van der Waals surface area contributed by atoms with Crippen LogP contribution < -0.4 is 0 Å². The van der Waals surface area contributed by atoms with Crippen LogP contribution in [0.25, 0.3) is 0 Å². The Balaban J connectivity index is 2.39. The van der Waals surface area contributed by atoms with E-state index >= 15 is 0 Å². The van der Waals surface area contributed by atoms with Gasteiger partial charge in [0.25, 0.3) is 0 Å². The maximum atomic E-state index is 12.3. The Kier molecular flexibility index (Phi) is 3.66. The summed E-state index contributed by atoms with van der Waals surface area (Å²) >= 11 is 3.43. The van der Waals surface area contributed by atoms with E-state index in [9.17, 15) is 13.2 Å². The molecule has 0 nitrogen and oxygen atoms in total. The SMILES string of the molecule is C[C@H](Br)C1CCC(C(F)(F)F)CC1. The highest BCUT2D eigenvalue weighted by molar-refractivity contribution is 9.09. The molecule has 0 aliphatic heterocycles. The molecule has 0 amide bonds. The van der Waals surface area contributed by atoms with Gasteiger partial charge < -0.3 is 0 Å². The van der Waals surface area contributed by atoms with Gasteiger partial charge in [-0.05, 0) is 31.6 Å². The van der Waals surface area contributed by atoms with E-state index in [1.807, 2.05) is 6.92 Å². The van der Waals surface area contributed by atoms with E-state index in [1.165, 1.54) is 0 Å². The maximum absolute atomic E-state index is 12.3. The zero-order chi connectivity index (χ0) is 10.1. The molecule has 0 aromatic heterocycles. The van der Waals surface area contributed by atoms with Gasteiger partial charge >= 0.3 is 6.18 Å². The first-order valence-corrected chi connectivity index (χ1v) is 5.53. The molecule has 1 fully saturated rings. The van der Waals surface area contributed by atoms with Crippen molar-refractivity contribution in [3.63, 3.8) is 0 Å². The largest absolute Gasteiger partial charge is 0.391 e. The molecule has 1 atom stereocenters. The summed E-state index contributed by atoms with van der Waals surface area (Å²) in [7, 11) is 0. The average Bonchev–Trinajstić information content (AvgIpc) is 2.03. The highest BCUT2D eigenvalue weighted by Crippen LogP contribution is 2.41. The molecule has 13 heavy (non-hydrogen) atoms. The monoisotopic (exact) mass is 258 g/mol. The van der Waals surface area contributed by atoms with Crippen LogP contribution in [0.2, 0.25) is 0 Å². The first-order chi connectivity index (χ1) is 5.91. The van der Waals surface area contributed by atoms with Gasteiger partial charge in [-0.1, -0.05) is 22.9 Å². The second kappa shape index (κ2) is 4.20. The van der Waals surface area contributed by atoms with E-state index in [-0.39, 0.29) is 0 Å². The molecule has 1 aliphatic rings. The highest BCUT2D eigenvalue weighted by atomic mass is 79.9. The summed E-state index contributed by atoms with van der Waals surface area (Å²) in [5.41, 5.74) is 0. The molecule has 0 radical (unpaired) electrons. The molecule has 1 saturated carbocycles. The molecule has 0 heterocycles. The Morgan fingerprint density at radius 1 is 1.15 bits per heavy atom. The van der Waals surface area contributed by atoms with Crippen LogP contribution in [0.5, 0.6) is 0 Å². The smallest absolute Gasteiger partial charge is 0.171 e. The number of alkyl halides is 4. The molecule has 0 saturated heterocycles.